The zero-order chi connectivity index (χ0) is 9.97. The lowest BCUT2D eigenvalue weighted by Crippen LogP contribution is -2.27. The number of aryl methyl sites for hydroxylation is 1. The molecule has 14 heavy (non-hydrogen) atoms. The van der Waals surface area contributed by atoms with Crippen molar-refractivity contribution >= 4 is 11.3 Å². The fourth-order valence-electron chi connectivity index (χ4n) is 1.30. The van der Waals surface area contributed by atoms with Gasteiger partial charge in [0.1, 0.15) is 0 Å². The molecule has 2 aromatic heterocycles. The summed E-state index contributed by atoms with van der Waals surface area (Å²) < 4.78 is 1.75. The molecule has 0 fully saturated rings. The van der Waals surface area contributed by atoms with Gasteiger partial charge >= 0.3 is 0 Å². The van der Waals surface area contributed by atoms with Gasteiger partial charge in [-0.2, -0.15) is 5.10 Å². The Labute approximate surface area is 85.5 Å². The van der Waals surface area contributed by atoms with Gasteiger partial charge in [0.2, 0.25) is 0 Å². The third kappa shape index (κ3) is 1.67. The van der Waals surface area contributed by atoms with Crippen LogP contribution >= 0.6 is 11.3 Å². The van der Waals surface area contributed by atoms with E-state index in [2.05, 4.69) is 15.5 Å². The number of hydrazine groups is 1. The van der Waals surface area contributed by atoms with Gasteiger partial charge in [-0.1, -0.05) is 0 Å². The molecule has 0 radical (unpaired) electrons. The standard InChI is InChI=1S/C8H11N5S/c1-13-4-6(2-11-13)8(12-9)7-3-10-5-14-7/h2-5,8,12H,9H2,1H3. The lowest BCUT2D eigenvalue weighted by molar-refractivity contribution is 0.644. The number of aromatic nitrogens is 3. The Hall–Kier alpha value is -1.24. The molecule has 0 saturated carbocycles. The molecule has 3 N–H and O–H groups in total. The lowest BCUT2D eigenvalue weighted by Gasteiger charge is -2.10. The summed E-state index contributed by atoms with van der Waals surface area (Å²) in [7, 11) is 1.88. The molecular formula is C8H11N5S. The maximum absolute atomic E-state index is 5.50. The molecule has 2 rings (SSSR count). The predicted octanol–water partition coefficient (Wildman–Crippen LogP) is 0.429. The first-order valence-corrected chi connectivity index (χ1v) is 5.02. The van der Waals surface area contributed by atoms with Crippen molar-refractivity contribution in [1.29, 1.82) is 0 Å². The Morgan fingerprint density at radius 1 is 1.57 bits per heavy atom. The van der Waals surface area contributed by atoms with Crippen LogP contribution in [0.4, 0.5) is 0 Å². The van der Waals surface area contributed by atoms with Crippen LogP contribution in [-0.4, -0.2) is 14.8 Å². The van der Waals surface area contributed by atoms with Crippen LogP contribution in [0, 0.1) is 0 Å². The number of nitrogens with one attached hydrogen (secondary N) is 1. The van der Waals surface area contributed by atoms with Crippen molar-refractivity contribution < 1.29 is 0 Å². The quantitative estimate of drug-likeness (QED) is 0.568. The van der Waals surface area contributed by atoms with Crippen LogP contribution in [0.1, 0.15) is 16.5 Å². The number of nitrogens with two attached hydrogens (primary N) is 1. The second-order valence-electron chi connectivity index (χ2n) is 2.95. The van der Waals surface area contributed by atoms with Gasteiger partial charge in [0.05, 0.1) is 17.7 Å². The van der Waals surface area contributed by atoms with Crippen LogP contribution < -0.4 is 11.3 Å². The number of hydrogen-bond donors (Lipinski definition) is 2. The zero-order valence-electron chi connectivity index (χ0n) is 7.71. The minimum Gasteiger partial charge on any atom is -0.275 e. The van der Waals surface area contributed by atoms with E-state index in [9.17, 15) is 0 Å². The third-order valence-electron chi connectivity index (χ3n) is 1.96. The molecule has 0 spiro atoms. The van der Waals surface area contributed by atoms with Gasteiger partial charge in [-0.05, 0) is 0 Å². The first-order chi connectivity index (χ1) is 6.81. The molecule has 0 aromatic carbocycles. The van der Waals surface area contributed by atoms with Crippen molar-refractivity contribution in [1.82, 2.24) is 20.2 Å². The highest BCUT2D eigenvalue weighted by molar-refractivity contribution is 7.09. The molecule has 0 aliphatic carbocycles. The average molecular weight is 209 g/mol. The zero-order valence-corrected chi connectivity index (χ0v) is 8.53. The number of thiazole rings is 1. The molecule has 2 heterocycles. The molecule has 0 saturated heterocycles. The summed E-state index contributed by atoms with van der Waals surface area (Å²) in [4.78, 5) is 5.10. The van der Waals surface area contributed by atoms with Crippen molar-refractivity contribution in [3.63, 3.8) is 0 Å². The van der Waals surface area contributed by atoms with Crippen LogP contribution in [-0.2, 0) is 7.05 Å². The lowest BCUT2D eigenvalue weighted by atomic mass is 10.1. The van der Waals surface area contributed by atoms with Crippen molar-refractivity contribution in [3.05, 3.63) is 34.5 Å². The van der Waals surface area contributed by atoms with E-state index >= 15 is 0 Å². The molecule has 1 unspecified atom stereocenters. The van der Waals surface area contributed by atoms with E-state index in [1.54, 1.807) is 27.7 Å². The van der Waals surface area contributed by atoms with Crippen molar-refractivity contribution in [2.45, 2.75) is 6.04 Å². The Morgan fingerprint density at radius 2 is 2.43 bits per heavy atom. The van der Waals surface area contributed by atoms with Gasteiger partial charge in [0.25, 0.3) is 0 Å². The Kier molecular flexibility index (Phi) is 2.58. The highest BCUT2D eigenvalue weighted by Crippen LogP contribution is 2.23. The van der Waals surface area contributed by atoms with Crippen molar-refractivity contribution in [2.24, 2.45) is 12.9 Å². The van der Waals surface area contributed by atoms with Crippen LogP contribution in [0.5, 0.6) is 0 Å². The van der Waals surface area contributed by atoms with Crippen LogP contribution in [0.3, 0.4) is 0 Å². The highest BCUT2D eigenvalue weighted by atomic mass is 32.1. The van der Waals surface area contributed by atoms with Crippen LogP contribution in [0.2, 0.25) is 0 Å². The smallest absolute Gasteiger partial charge is 0.0848 e. The van der Waals surface area contributed by atoms with Crippen molar-refractivity contribution in [3.8, 4) is 0 Å². The molecule has 0 aliphatic rings. The van der Waals surface area contributed by atoms with Crippen LogP contribution in [0.25, 0.3) is 0 Å². The second kappa shape index (κ2) is 3.87. The first kappa shape index (κ1) is 9.32. The first-order valence-electron chi connectivity index (χ1n) is 4.14. The molecular weight excluding hydrogens is 198 g/mol. The molecule has 0 bridgehead atoms. The van der Waals surface area contributed by atoms with Gasteiger partial charge in [-0.15, -0.1) is 11.3 Å². The molecule has 74 valence electrons. The van der Waals surface area contributed by atoms with Gasteiger partial charge in [0.15, 0.2) is 0 Å². The SMILES string of the molecule is Cn1cc(C(NN)c2cncs2)cn1. The monoisotopic (exact) mass is 209 g/mol. The highest BCUT2D eigenvalue weighted by Gasteiger charge is 2.14. The van der Waals surface area contributed by atoms with E-state index in [-0.39, 0.29) is 6.04 Å². The second-order valence-corrected chi connectivity index (χ2v) is 3.87. The minimum absolute atomic E-state index is 0.0174. The maximum atomic E-state index is 5.50. The maximum Gasteiger partial charge on any atom is 0.0848 e. The largest absolute Gasteiger partial charge is 0.275 e. The Bertz CT molecular complexity index is 394. The summed E-state index contributed by atoms with van der Waals surface area (Å²) in [5.41, 5.74) is 5.58. The third-order valence-corrected chi connectivity index (χ3v) is 2.80. The topological polar surface area (TPSA) is 68.8 Å². The number of nitrogens with zero attached hydrogens (tertiary/aromatic N) is 3. The van der Waals surface area contributed by atoms with E-state index in [1.165, 1.54) is 0 Å². The Balaban J connectivity index is 2.31. The summed E-state index contributed by atoms with van der Waals surface area (Å²) in [6.45, 7) is 0. The molecule has 5 nitrogen and oxygen atoms in total. The van der Waals surface area contributed by atoms with E-state index in [0.717, 1.165) is 10.4 Å². The number of rotatable bonds is 3. The summed E-state index contributed by atoms with van der Waals surface area (Å²) in [5.74, 6) is 5.50. The van der Waals surface area contributed by atoms with Crippen LogP contribution in [0.15, 0.2) is 24.1 Å². The van der Waals surface area contributed by atoms with E-state index in [1.807, 2.05) is 19.4 Å². The molecule has 0 aliphatic heterocycles. The fourth-order valence-corrected chi connectivity index (χ4v) is 2.01. The summed E-state index contributed by atoms with van der Waals surface area (Å²) in [5, 5.41) is 4.10. The summed E-state index contributed by atoms with van der Waals surface area (Å²) in [6.07, 6.45) is 5.54. The van der Waals surface area contributed by atoms with E-state index in [0.29, 0.717) is 0 Å². The minimum atomic E-state index is -0.0174. The normalized spacial score (nSPS) is 13.0. The van der Waals surface area contributed by atoms with Gasteiger partial charge < -0.3 is 0 Å². The average Bonchev–Trinajstić information content (AvgIpc) is 2.79. The number of hydrogen-bond acceptors (Lipinski definition) is 5. The summed E-state index contributed by atoms with van der Waals surface area (Å²) >= 11 is 1.57. The molecule has 2 aromatic rings. The summed E-state index contributed by atoms with van der Waals surface area (Å²) in [6, 6.07) is -0.0174. The predicted molar refractivity (Wildman–Crippen MR) is 54.5 cm³/mol. The van der Waals surface area contributed by atoms with E-state index < -0.39 is 0 Å². The van der Waals surface area contributed by atoms with Gasteiger partial charge in [-0.3, -0.25) is 15.5 Å². The Morgan fingerprint density at radius 3 is 2.93 bits per heavy atom. The fraction of sp³-hybridized carbons (Fsp3) is 0.250. The van der Waals surface area contributed by atoms with Gasteiger partial charge in [-0.25, -0.2) is 5.43 Å². The van der Waals surface area contributed by atoms with Crippen molar-refractivity contribution in [2.75, 3.05) is 0 Å². The molecule has 6 heteroatoms. The molecule has 0 amide bonds. The van der Waals surface area contributed by atoms with E-state index in [4.69, 9.17) is 5.84 Å². The van der Waals surface area contributed by atoms with Gasteiger partial charge in [0, 0.05) is 29.9 Å². The molecule has 1 atom stereocenters.